The van der Waals surface area contributed by atoms with Gasteiger partial charge < -0.3 is 5.32 Å². The summed E-state index contributed by atoms with van der Waals surface area (Å²) >= 11 is 2.10. The lowest BCUT2D eigenvalue weighted by molar-refractivity contribution is 0.166. The van der Waals surface area contributed by atoms with Crippen molar-refractivity contribution in [2.24, 2.45) is 5.92 Å². The zero-order valence-electron chi connectivity index (χ0n) is 10.0. The van der Waals surface area contributed by atoms with Crippen LogP contribution < -0.4 is 5.32 Å². The van der Waals surface area contributed by atoms with Gasteiger partial charge >= 0.3 is 0 Å². The van der Waals surface area contributed by atoms with E-state index in [4.69, 9.17) is 0 Å². The zero-order chi connectivity index (χ0) is 10.7. The first-order chi connectivity index (χ1) is 7.27. The minimum Gasteiger partial charge on any atom is -0.312 e. The molecule has 0 aromatic heterocycles. The molecule has 3 heteroatoms. The van der Waals surface area contributed by atoms with E-state index >= 15 is 0 Å². The molecule has 0 bridgehead atoms. The Bertz CT molecular complexity index is 186. The van der Waals surface area contributed by atoms with Gasteiger partial charge in [-0.15, -0.1) is 0 Å². The van der Waals surface area contributed by atoms with Crippen LogP contribution in [0.3, 0.4) is 0 Å². The molecule has 0 aromatic carbocycles. The lowest BCUT2D eigenvalue weighted by Gasteiger charge is -2.37. The highest BCUT2D eigenvalue weighted by Crippen LogP contribution is 2.21. The average Bonchev–Trinajstić information content (AvgIpc) is 3.03. The van der Waals surface area contributed by atoms with Crippen LogP contribution in [0.2, 0.25) is 0 Å². The number of hydrogen-bond donors (Lipinski definition) is 1. The highest BCUT2D eigenvalue weighted by atomic mass is 32.2. The number of hydrogen-bond acceptors (Lipinski definition) is 3. The Morgan fingerprint density at radius 1 is 1.27 bits per heavy atom. The molecule has 1 atom stereocenters. The van der Waals surface area contributed by atoms with E-state index in [1.165, 1.54) is 44.0 Å². The van der Waals surface area contributed by atoms with Crippen molar-refractivity contribution in [3.63, 3.8) is 0 Å². The molecule has 1 unspecified atom stereocenters. The molecule has 1 saturated carbocycles. The molecule has 15 heavy (non-hydrogen) atoms. The van der Waals surface area contributed by atoms with Crippen molar-refractivity contribution < 1.29 is 0 Å². The van der Waals surface area contributed by atoms with Gasteiger partial charge in [0.25, 0.3) is 0 Å². The summed E-state index contributed by atoms with van der Waals surface area (Å²) in [6.45, 7) is 8.51. The molecule has 1 aliphatic heterocycles. The first kappa shape index (κ1) is 11.7. The van der Waals surface area contributed by atoms with Gasteiger partial charge in [-0.25, -0.2) is 0 Å². The van der Waals surface area contributed by atoms with Crippen LogP contribution in [0.4, 0.5) is 0 Å². The van der Waals surface area contributed by atoms with Crippen molar-refractivity contribution >= 4 is 11.8 Å². The number of nitrogens with one attached hydrogen (secondary N) is 1. The van der Waals surface area contributed by atoms with Gasteiger partial charge in [0.05, 0.1) is 0 Å². The van der Waals surface area contributed by atoms with E-state index in [0.29, 0.717) is 0 Å². The Morgan fingerprint density at radius 2 is 1.93 bits per heavy atom. The van der Waals surface area contributed by atoms with E-state index in [1.54, 1.807) is 0 Å². The molecular weight excluding hydrogens is 204 g/mol. The molecule has 88 valence electrons. The van der Waals surface area contributed by atoms with Gasteiger partial charge in [0, 0.05) is 43.2 Å². The van der Waals surface area contributed by atoms with Gasteiger partial charge in [0.2, 0.25) is 0 Å². The molecule has 1 N–H and O–H groups in total. The standard InChI is InChI=1S/C12H24N2S/c1-10(2)12(9-13-11-3-4-11)14-5-7-15-8-6-14/h10-13H,3-9H2,1-2H3. The number of nitrogens with zero attached hydrogens (tertiary/aromatic N) is 1. The van der Waals surface area contributed by atoms with Crippen LogP contribution >= 0.6 is 11.8 Å². The molecule has 0 radical (unpaired) electrons. The highest BCUT2D eigenvalue weighted by Gasteiger charge is 2.27. The fourth-order valence-electron chi connectivity index (χ4n) is 2.27. The van der Waals surface area contributed by atoms with Crippen LogP contribution in [-0.4, -0.2) is 48.1 Å². The summed E-state index contributed by atoms with van der Waals surface area (Å²) in [6, 6.07) is 1.61. The SMILES string of the molecule is CC(C)C(CNC1CC1)N1CCSCC1. The van der Waals surface area contributed by atoms with Gasteiger partial charge in [0.15, 0.2) is 0 Å². The van der Waals surface area contributed by atoms with Crippen LogP contribution in [0.5, 0.6) is 0 Å². The minimum absolute atomic E-state index is 0.756. The van der Waals surface area contributed by atoms with Crippen LogP contribution in [0.25, 0.3) is 0 Å². The third kappa shape index (κ3) is 3.65. The van der Waals surface area contributed by atoms with E-state index in [-0.39, 0.29) is 0 Å². The van der Waals surface area contributed by atoms with Crippen LogP contribution in [0, 0.1) is 5.92 Å². The Labute approximate surface area is 98.2 Å². The van der Waals surface area contributed by atoms with Crippen LogP contribution in [0.1, 0.15) is 26.7 Å². The summed E-state index contributed by atoms with van der Waals surface area (Å²) < 4.78 is 0. The third-order valence-electron chi connectivity index (χ3n) is 3.48. The first-order valence-electron chi connectivity index (χ1n) is 6.32. The minimum atomic E-state index is 0.756. The molecule has 0 spiro atoms. The van der Waals surface area contributed by atoms with E-state index in [2.05, 4.69) is 35.8 Å². The average molecular weight is 228 g/mol. The second-order valence-corrected chi connectivity index (χ2v) is 6.37. The van der Waals surface area contributed by atoms with E-state index in [1.807, 2.05) is 0 Å². The second kappa shape index (κ2) is 5.55. The Kier molecular flexibility index (Phi) is 4.35. The summed E-state index contributed by atoms with van der Waals surface area (Å²) in [5, 5.41) is 3.69. The van der Waals surface area contributed by atoms with E-state index in [0.717, 1.165) is 18.0 Å². The Morgan fingerprint density at radius 3 is 2.47 bits per heavy atom. The molecule has 1 saturated heterocycles. The van der Waals surface area contributed by atoms with Crippen LogP contribution in [0.15, 0.2) is 0 Å². The molecular formula is C12H24N2S. The van der Waals surface area contributed by atoms with E-state index < -0.39 is 0 Å². The van der Waals surface area contributed by atoms with Crippen molar-refractivity contribution in [2.75, 3.05) is 31.1 Å². The topological polar surface area (TPSA) is 15.3 Å². The molecule has 0 aromatic rings. The van der Waals surface area contributed by atoms with Gasteiger partial charge in [-0.2, -0.15) is 11.8 Å². The molecule has 2 rings (SSSR count). The predicted octanol–water partition coefficient (Wildman–Crippen LogP) is 1.81. The molecule has 2 aliphatic rings. The number of rotatable bonds is 5. The van der Waals surface area contributed by atoms with Crippen molar-refractivity contribution in [3.8, 4) is 0 Å². The Hall–Kier alpha value is 0.270. The maximum atomic E-state index is 3.69. The summed E-state index contributed by atoms with van der Waals surface area (Å²) in [7, 11) is 0. The molecule has 0 amide bonds. The lowest BCUT2D eigenvalue weighted by Crippen LogP contribution is -2.49. The smallest absolute Gasteiger partial charge is 0.0244 e. The lowest BCUT2D eigenvalue weighted by atomic mass is 10.0. The molecule has 1 heterocycles. The maximum Gasteiger partial charge on any atom is 0.0244 e. The van der Waals surface area contributed by atoms with Crippen molar-refractivity contribution in [3.05, 3.63) is 0 Å². The van der Waals surface area contributed by atoms with Crippen molar-refractivity contribution in [1.82, 2.24) is 10.2 Å². The summed E-state index contributed by atoms with van der Waals surface area (Å²) in [5.74, 6) is 3.43. The van der Waals surface area contributed by atoms with E-state index in [9.17, 15) is 0 Å². The van der Waals surface area contributed by atoms with Crippen molar-refractivity contribution in [2.45, 2.75) is 38.8 Å². The van der Waals surface area contributed by atoms with Crippen molar-refractivity contribution in [1.29, 1.82) is 0 Å². The highest BCUT2D eigenvalue weighted by molar-refractivity contribution is 7.99. The van der Waals surface area contributed by atoms with Gasteiger partial charge in [-0.05, 0) is 18.8 Å². The Balaban J connectivity index is 1.79. The fourth-order valence-corrected chi connectivity index (χ4v) is 3.20. The molecule has 2 fully saturated rings. The van der Waals surface area contributed by atoms with Crippen LogP contribution in [-0.2, 0) is 0 Å². The van der Waals surface area contributed by atoms with Gasteiger partial charge in [-0.3, -0.25) is 4.90 Å². The van der Waals surface area contributed by atoms with Gasteiger partial charge in [-0.1, -0.05) is 13.8 Å². The fraction of sp³-hybridized carbons (Fsp3) is 1.00. The summed E-state index contributed by atoms with van der Waals surface area (Å²) in [4.78, 5) is 2.69. The zero-order valence-corrected chi connectivity index (χ0v) is 10.9. The summed E-state index contributed by atoms with van der Waals surface area (Å²) in [6.07, 6.45) is 2.81. The quantitative estimate of drug-likeness (QED) is 0.772. The predicted molar refractivity (Wildman–Crippen MR) is 68.5 cm³/mol. The molecule has 2 nitrogen and oxygen atoms in total. The largest absolute Gasteiger partial charge is 0.312 e. The second-order valence-electron chi connectivity index (χ2n) is 5.14. The summed E-state index contributed by atoms with van der Waals surface area (Å²) in [5.41, 5.74) is 0. The third-order valence-corrected chi connectivity index (χ3v) is 4.42. The van der Waals surface area contributed by atoms with Gasteiger partial charge in [0.1, 0.15) is 0 Å². The molecule has 1 aliphatic carbocycles. The number of thioether (sulfide) groups is 1. The maximum absolute atomic E-state index is 3.69. The normalized spacial score (nSPS) is 25.8. The first-order valence-corrected chi connectivity index (χ1v) is 7.48. The monoisotopic (exact) mass is 228 g/mol.